The van der Waals surface area contributed by atoms with Crippen LogP contribution in [0.4, 0.5) is 0 Å². The van der Waals surface area contributed by atoms with Crippen LogP contribution in [0.15, 0.2) is 54.6 Å². The smallest absolute Gasteiger partial charge is 0.241 e. The van der Waals surface area contributed by atoms with E-state index in [2.05, 4.69) is 5.32 Å². The molecule has 2 rings (SSSR count). The maximum atomic E-state index is 11.9. The molecule has 2 aromatic rings. The van der Waals surface area contributed by atoms with Gasteiger partial charge in [-0.25, -0.2) is 0 Å². The van der Waals surface area contributed by atoms with E-state index >= 15 is 0 Å². The second-order valence-corrected chi connectivity index (χ2v) is 4.67. The van der Waals surface area contributed by atoms with Crippen LogP contribution < -0.4 is 11.1 Å². The lowest BCUT2D eigenvalue weighted by molar-refractivity contribution is -0.122. The third-order valence-corrected chi connectivity index (χ3v) is 3.07. The van der Waals surface area contributed by atoms with Gasteiger partial charge in [0.1, 0.15) is 6.04 Å². The van der Waals surface area contributed by atoms with E-state index in [0.717, 1.165) is 11.1 Å². The SMILES string of the molecule is N[C@@H](C(=O)NCc1ccc(Cl)cc1)c1ccccc1. The van der Waals surface area contributed by atoms with E-state index in [9.17, 15) is 4.79 Å². The first kappa shape index (κ1) is 13.6. The van der Waals surface area contributed by atoms with E-state index in [1.165, 1.54) is 0 Å². The van der Waals surface area contributed by atoms with Crippen molar-refractivity contribution in [3.05, 3.63) is 70.7 Å². The normalized spacial score (nSPS) is 11.9. The van der Waals surface area contributed by atoms with Crippen molar-refractivity contribution in [3.63, 3.8) is 0 Å². The minimum absolute atomic E-state index is 0.193. The molecule has 98 valence electrons. The zero-order valence-corrected chi connectivity index (χ0v) is 11.1. The van der Waals surface area contributed by atoms with Crippen LogP contribution >= 0.6 is 11.6 Å². The van der Waals surface area contributed by atoms with Gasteiger partial charge in [-0.3, -0.25) is 4.79 Å². The number of rotatable bonds is 4. The van der Waals surface area contributed by atoms with Crippen LogP contribution in [-0.2, 0) is 11.3 Å². The number of carbonyl (C=O) groups excluding carboxylic acids is 1. The van der Waals surface area contributed by atoms with Gasteiger partial charge in [-0.2, -0.15) is 0 Å². The Bertz CT molecular complexity index is 540. The van der Waals surface area contributed by atoms with Crippen molar-refractivity contribution in [2.75, 3.05) is 0 Å². The van der Waals surface area contributed by atoms with Gasteiger partial charge in [0.25, 0.3) is 0 Å². The van der Waals surface area contributed by atoms with Crippen molar-refractivity contribution in [1.29, 1.82) is 0 Å². The average molecular weight is 275 g/mol. The molecule has 3 nitrogen and oxygen atoms in total. The summed E-state index contributed by atoms with van der Waals surface area (Å²) in [6.45, 7) is 0.441. The zero-order valence-electron chi connectivity index (χ0n) is 10.3. The van der Waals surface area contributed by atoms with Crippen LogP contribution in [0.25, 0.3) is 0 Å². The topological polar surface area (TPSA) is 55.1 Å². The first-order chi connectivity index (χ1) is 9.16. The molecule has 1 atom stereocenters. The van der Waals surface area contributed by atoms with Crippen molar-refractivity contribution in [3.8, 4) is 0 Å². The number of hydrogen-bond donors (Lipinski definition) is 2. The van der Waals surface area contributed by atoms with Crippen LogP contribution in [0.3, 0.4) is 0 Å². The highest BCUT2D eigenvalue weighted by atomic mass is 35.5. The second kappa shape index (κ2) is 6.36. The van der Waals surface area contributed by atoms with E-state index in [0.29, 0.717) is 11.6 Å². The summed E-state index contributed by atoms with van der Waals surface area (Å²) < 4.78 is 0. The fourth-order valence-corrected chi connectivity index (χ4v) is 1.84. The van der Waals surface area contributed by atoms with Gasteiger partial charge in [0.2, 0.25) is 5.91 Å². The maximum absolute atomic E-state index is 11.9. The Morgan fingerprint density at radius 2 is 1.74 bits per heavy atom. The molecule has 0 aliphatic heterocycles. The largest absolute Gasteiger partial charge is 0.350 e. The molecule has 0 bridgehead atoms. The predicted molar refractivity (Wildman–Crippen MR) is 76.7 cm³/mol. The minimum Gasteiger partial charge on any atom is -0.350 e. The molecule has 0 saturated carbocycles. The van der Waals surface area contributed by atoms with Crippen LogP contribution in [0.5, 0.6) is 0 Å². The number of halogens is 1. The molecule has 0 unspecified atom stereocenters. The highest BCUT2D eigenvalue weighted by molar-refractivity contribution is 6.30. The number of amides is 1. The van der Waals surface area contributed by atoms with E-state index in [4.69, 9.17) is 17.3 Å². The van der Waals surface area contributed by atoms with E-state index in [1.807, 2.05) is 42.5 Å². The van der Waals surface area contributed by atoms with E-state index in [-0.39, 0.29) is 5.91 Å². The van der Waals surface area contributed by atoms with E-state index in [1.54, 1.807) is 12.1 Å². The molecule has 2 aromatic carbocycles. The summed E-state index contributed by atoms with van der Waals surface area (Å²) in [4.78, 5) is 11.9. The summed E-state index contributed by atoms with van der Waals surface area (Å²) >= 11 is 5.80. The molecule has 3 N–H and O–H groups in total. The van der Waals surface area contributed by atoms with Crippen LogP contribution in [0.1, 0.15) is 17.2 Å². The predicted octanol–water partition coefficient (Wildman–Crippen LogP) is 2.66. The molecule has 0 spiro atoms. The molecule has 0 heterocycles. The number of nitrogens with one attached hydrogen (secondary N) is 1. The van der Waals surface area contributed by atoms with Gasteiger partial charge in [0.05, 0.1) is 0 Å². The fraction of sp³-hybridized carbons (Fsp3) is 0.133. The van der Waals surface area contributed by atoms with Crippen LogP contribution in [-0.4, -0.2) is 5.91 Å². The number of nitrogens with two attached hydrogens (primary N) is 1. The van der Waals surface area contributed by atoms with Gasteiger partial charge in [-0.05, 0) is 23.3 Å². The Balaban J connectivity index is 1.93. The average Bonchev–Trinajstić information content (AvgIpc) is 2.46. The molecule has 4 heteroatoms. The van der Waals surface area contributed by atoms with Gasteiger partial charge < -0.3 is 11.1 Å². The summed E-state index contributed by atoms with van der Waals surface area (Å²) in [5.41, 5.74) is 7.68. The Kier molecular flexibility index (Phi) is 4.55. The minimum atomic E-state index is -0.645. The molecule has 0 aromatic heterocycles. The lowest BCUT2D eigenvalue weighted by Crippen LogP contribution is -2.33. The standard InChI is InChI=1S/C15H15ClN2O/c16-13-8-6-11(7-9-13)10-18-15(19)14(17)12-4-2-1-3-5-12/h1-9,14H,10,17H2,(H,18,19)/t14-/m1/s1. The fourth-order valence-electron chi connectivity index (χ4n) is 1.71. The Morgan fingerprint density at radius 3 is 2.37 bits per heavy atom. The molecule has 0 fully saturated rings. The molecular weight excluding hydrogens is 260 g/mol. The molecule has 0 aliphatic rings. The zero-order chi connectivity index (χ0) is 13.7. The van der Waals surface area contributed by atoms with Gasteiger partial charge in [-0.1, -0.05) is 54.1 Å². The van der Waals surface area contributed by atoms with Crippen molar-refractivity contribution in [2.45, 2.75) is 12.6 Å². The highest BCUT2D eigenvalue weighted by Gasteiger charge is 2.14. The third-order valence-electron chi connectivity index (χ3n) is 2.82. The van der Waals surface area contributed by atoms with Crippen LogP contribution in [0, 0.1) is 0 Å². The van der Waals surface area contributed by atoms with Crippen molar-refractivity contribution in [1.82, 2.24) is 5.32 Å². The number of carbonyl (C=O) groups is 1. The second-order valence-electron chi connectivity index (χ2n) is 4.23. The van der Waals surface area contributed by atoms with Crippen molar-refractivity contribution < 1.29 is 4.79 Å². The lowest BCUT2D eigenvalue weighted by Gasteiger charge is -2.12. The third kappa shape index (κ3) is 3.81. The van der Waals surface area contributed by atoms with Gasteiger partial charge >= 0.3 is 0 Å². The Labute approximate surface area is 117 Å². The summed E-state index contributed by atoms with van der Waals surface area (Å²) in [6, 6.07) is 16.0. The summed E-state index contributed by atoms with van der Waals surface area (Å²) in [6.07, 6.45) is 0. The molecule has 0 radical (unpaired) electrons. The Hall–Kier alpha value is -1.84. The number of hydrogen-bond acceptors (Lipinski definition) is 2. The van der Waals surface area contributed by atoms with E-state index < -0.39 is 6.04 Å². The maximum Gasteiger partial charge on any atom is 0.241 e. The molecular formula is C15H15ClN2O. The molecule has 19 heavy (non-hydrogen) atoms. The van der Waals surface area contributed by atoms with Gasteiger partial charge in [0.15, 0.2) is 0 Å². The van der Waals surface area contributed by atoms with Gasteiger partial charge in [-0.15, -0.1) is 0 Å². The van der Waals surface area contributed by atoms with Crippen molar-refractivity contribution >= 4 is 17.5 Å². The summed E-state index contributed by atoms with van der Waals surface area (Å²) in [5.74, 6) is -0.193. The highest BCUT2D eigenvalue weighted by Crippen LogP contribution is 2.11. The van der Waals surface area contributed by atoms with Crippen LogP contribution in [0.2, 0.25) is 5.02 Å². The van der Waals surface area contributed by atoms with Crippen molar-refractivity contribution in [2.24, 2.45) is 5.73 Å². The monoisotopic (exact) mass is 274 g/mol. The molecule has 0 saturated heterocycles. The molecule has 0 aliphatic carbocycles. The first-order valence-corrected chi connectivity index (χ1v) is 6.37. The molecule has 1 amide bonds. The summed E-state index contributed by atoms with van der Waals surface area (Å²) in [5, 5.41) is 3.49. The quantitative estimate of drug-likeness (QED) is 0.901. The lowest BCUT2D eigenvalue weighted by atomic mass is 10.1. The summed E-state index contributed by atoms with van der Waals surface area (Å²) in [7, 11) is 0. The Morgan fingerprint density at radius 1 is 1.11 bits per heavy atom. The van der Waals surface area contributed by atoms with Gasteiger partial charge in [0, 0.05) is 11.6 Å². The first-order valence-electron chi connectivity index (χ1n) is 5.99. The number of benzene rings is 2.